The molecule has 2 rings (SSSR count). The van der Waals surface area contributed by atoms with E-state index in [9.17, 15) is 9.59 Å². The normalized spacial score (nSPS) is 21.4. The molecule has 0 spiro atoms. The molecular formula is C12H19N3O3. The highest BCUT2D eigenvalue weighted by atomic mass is 16.5. The van der Waals surface area contributed by atoms with Crippen LogP contribution in [0.15, 0.2) is 21.9 Å². The zero-order valence-electron chi connectivity index (χ0n) is 10.8. The van der Waals surface area contributed by atoms with Crippen LogP contribution in [0, 0.1) is 0 Å². The van der Waals surface area contributed by atoms with Gasteiger partial charge in [0.05, 0.1) is 19.3 Å². The summed E-state index contributed by atoms with van der Waals surface area (Å²) < 4.78 is 7.14. The Hall–Kier alpha value is -1.40. The minimum Gasteiger partial charge on any atom is -0.374 e. The summed E-state index contributed by atoms with van der Waals surface area (Å²) in [5, 5.41) is 0. The van der Waals surface area contributed by atoms with Gasteiger partial charge in [-0.1, -0.05) is 0 Å². The molecule has 0 saturated carbocycles. The topological polar surface area (TPSA) is 67.3 Å². The van der Waals surface area contributed by atoms with Crippen LogP contribution in [-0.2, 0) is 11.3 Å². The average Bonchev–Trinajstić information content (AvgIpc) is 2.33. The quantitative estimate of drug-likeness (QED) is 0.799. The van der Waals surface area contributed by atoms with Crippen molar-refractivity contribution >= 4 is 0 Å². The van der Waals surface area contributed by atoms with Crippen molar-refractivity contribution in [2.24, 2.45) is 0 Å². The minimum atomic E-state index is -0.382. The molecule has 6 nitrogen and oxygen atoms in total. The van der Waals surface area contributed by atoms with Gasteiger partial charge in [-0.2, -0.15) is 0 Å². The molecule has 1 N–H and O–H groups in total. The van der Waals surface area contributed by atoms with E-state index >= 15 is 0 Å². The van der Waals surface area contributed by atoms with Crippen LogP contribution in [0.3, 0.4) is 0 Å². The highest BCUT2D eigenvalue weighted by molar-refractivity contribution is 4.84. The predicted octanol–water partition coefficient (Wildman–Crippen LogP) is -0.354. The summed E-state index contributed by atoms with van der Waals surface area (Å²) in [6.07, 6.45) is 1.50. The smallest absolute Gasteiger partial charge is 0.328 e. The van der Waals surface area contributed by atoms with Crippen molar-refractivity contribution in [3.63, 3.8) is 0 Å². The van der Waals surface area contributed by atoms with E-state index in [4.69, 9.17) is 4.74 Å². The lowest BCUT2D eigenvalue weighted by atomic mass is 10.2. The van der Waals surface area contributed by atoms with Gasteiger partial charge >= 0.3 is 5.69 Å². The van der Waals surface area contributed by atoms with Crippen molar-refractivity contribution in [1.29, 1.82) is 0 Å². The van der Waals surface area contributed by atoms with Crippen molar-refractivity contribution in [3.8, 4) is 0 Å². The van der Waals surface area contributed by atoms with Gasteiger partial charge in [-0.15, -0.1) is 0 Å². The van der Waals surface area contributed by atoms with Gasteiger partial charge in [0.1, 0.15) is 0 Å². The Balaban J connectivity index is 2.05. The molecule has 1 saturated heterocycles. The van der Waals surface area contributed by atoms with E-state index in [1.54, 1.807) is 0 Å². The van der Waals surface area contributed by atoms with Gasteiger partial charge in [-0.05, 0) is 13.8 Å². The number of rotatable bonds is 3. The summed E-state index contributed by atoms with van der Waals surface area (Å²) in [5.74, 6) is 0. The van der Waals surface area contributed by atoms with Gasteiger partial charge < -0.3 is 4.74 Å². The number of aromatic amines is 1. The van der Waals surface area contributed by atoms with Gasteiger partial charge in [0.15, 0.2) is 0 Å². The third-order valence-electron chi connectivity index (χ3n) is 3.20. The number of aromatic nitrogens is 2. The molecule has 0 aromatic carbocycles. The second kappa shape index (κ2) is 5.49. The first-order valence-electron chi connectivity index (χ1n) is 6.21. The largest absolute Gasteiger partial charge is 0.374 e. The first-order valence-corrected chi connectivity index (χ1v) is 6.21. The van der Waals surface area contributed by atoms with E-state index in [0.717, 1.165) is 13.1 Å². The Morgan fingerprint density at radius 1 is 1.50 bits per heavy atom. The number of H-pyrrole nitrogens is 1. The first kappa shape index (κ1) is 13.0. The molecule has 1 aromatic heterocycles. The zero-order chi connectivity index (χ0) is 13.1. The maximum absolute atomic E-state index is 11.6. The molecule has 1 fully saturated rings. The van der Waals surface area contributed by atoms with Crippen LogP contribution in [0.5, 0.6) is 0 Å². The SMILES string of the molecule is CC(C)N1CCOC(Cn2ccc(=O)[nH]c2=O)C1. The summed E-state index contributed by atoms with van der Waals surface area (Å²) in [4.78, 5) is 27.1. The second-order valence-electron chi connectivity index (χ2n) is 4.84. The highest BCUT2D eigenvalue weighted by Crippen LogP contribution is 2.09. The van der Waals surface area contributed by atoms with Gasteiger partial charge in [0.2, 0.25) is 0 Å². The van der Waals surface area contributed by atoms with Crippen molar-refractivity contribution < 1.29 is 4.74 Å². The zero-order valence-corrected chi connectivity index (χ0v) is 10.8. The molecule has 0 amide bonds. The molecule has 1 aliphatic rings. The summed E-state index contributed by atoms with van der Waals surface area (Å²) in [5.41, 5.74) is -0.752. The summed E-state index contributed by atoms with van der Waals surface area (Å²) in [7, 11) is 0. The second-order valence-corrected chi connectivity index (χ2v) is 4.84. The van der Waals surface area contributed by atoms with E-state index in [1.165, 1.54) is 16.8 Å². The Kier molecular flexibility index (Phi) is 3.98. The Labute approximate surface area is 105 Å². The van der Waals surface area contributed by atoms with Crippen LogP contribution in [0.4, 0.5) is 0 Å². The molecule has 6 heteroatoms. The number of morpholine rings is 1. The molecule has 1 unspecified atom stereocenters. The Bertz CT molecular complexity index is 506. The van der Waals surface area contributed by atoms with Crippen LogP contribution < -0.4 is 11.2 Å². The van der Waals surface area contributed by atoms with Crippen LogP contribution in [0.2, 0.25) is 0 Å². The molecule has 2 heterocycles. The lowest BCUT2D eigenvalue weighted by Crippen LogP contribution is -2.48. The fraction of sp³-hybridized carbons (Fsp3) is 0.667. The fourth-order valence-corrected chi connectivity index (χ4v) is 2.13. The summed E-state index contributed by atoms with van der Waals surface area (Å²) in [6.45, 7) is 7.18. The molecule has 18 heavy (non-hydrogen) atoms. The fourth-order valence-electron chi connectivity index (χ4n) is 2.13. The standard InChI is InChI=1S/C12H19N3O3/c1-9(2)14-5-6-18-10(7-14)8-15-4-3-11(16)13-12(15)17/h3-4,9-10H,5-8H2,1-2H3,(H,13,16,17). The van der Waals surface area contributed by atoms with Gasteiger partial charge in [0.25, 0.3) is 5.56 Å². The number of nitrogens with zero attached hydrogens (tertiary/aromatic N) is 2. The molecule has 1 atom stereocenters. The first-order chi connectivity index (χ1) is 8.56. The van der Waals surface area contributed by atoms with E-state index in [1.807, 2.05) is 0 Å². The molecule has 0 aliphatic carbocycles. The Morgan fingerprint density at radius 2 is 2.28 bits per heavy atom. The van der Waals surface area contributed by atoms with Crippen molar-refractivity contribution in [1.82, 2.24) is 14.5 Å². The van der Waals surface area contributed by atoms with Crippen molar-refractivity contribution in [2.45, 2.75) is 32.5 Å². The Morgan fingerprint density at radius 3 is 2.94 bits per heavy atom. The number of nitrogens with one attached hydrogen (secondary N) is 1. The lowest BCUT2D eigenvalue weighted by molar-refractivity contribution is -0.0461. The average molecular weight is 253 g/mol. The molecule has 1 aliphatic heterocycles. The maximum Gasteiger partial charge on any atom is 0.328 e. The lowest BCUT2D eigenvalue weighted by Gasteiger charge is -2.35. The minimum absolute atomic E-state index is 0.00949. The molecule has 0 radical (unpaired) electrons. The third kappa shape index (κ3) is 3.08. The van der Waals surface area contributed by atoms with E-state index < -0.39 is 0 Å². The van der Waals surface area contributed by atoms with Crippen LogP contribution in [-0.4, -0.2) is 46.3 Å². The molecule has 100 valence electrons. The van der Waals surface area contributed by atoms with Crippen molar-refractivity contribution in [3.05, 3.63) is 33.1 Å². The monoisotopic (exact) mass is 253 g/mol. The number of hydrogen-bond donors (Lipinski definition) is 1. The molecular weight excluding hydrogens is 234 g/mol. The van der Waals surface area contributed by atoms with Crippen LogP contribution in [0.1, 0.15) is 13.8 Å². The molecule has 1 aromatic rings. The molecule has 0 bridgehead atoms. The maximum atomic E-state index is 11.6. The number of ether oxygens (including phenoxy) is 1. The summed E-state index contributed by atoms with van der Waals surface area (Å²) in [6, 6.07) is 1.83. The van der Waals surface area contributed by atoms with Gasteiger partial charge in [-0.3, -0.25) is 19.2 Å². The number of hydrogen-bond acceptors (Lipinski definition) is 4. The van der Waals surface area contributed by atoms with Gasteiger partial charge in [-0.25, -0.2) is 4.79 Å². The van der Waals surface area contributed by atoms with Crippen LogP contribution in [0.25, 0.3) is 0 Å². The van der Waals surface area contributed by atoms with Crippen molar-refractivity contribution in [2.75, 3.05) is 19.7 Å². The highest BCUT2D eigenvalue weighted by Gasteiger charge is 2.22. The summed E-state index contributed by atoms with van der Waals surface area (Å²) >= 11 is 0. The predicted molar refractivity (Wildman–Crippen MR) is 67.8 cm³/mol. The van der Waals surface area contributed by atoms with Crippen LogP contribution >= 0.6 is 0 Å². The third-order valence-corrected chi connectivity index (χ3v) is 3.20. The van der Waals surface area contributed by atoms with E-state index in [0.29, 0.717) is 19.2 Å². The van der Waals surface area contributed by atoms with E-state index in [2.05, 4.69) is 23.7 Å². The van der Waals surface area contributed by atoms with E-state index in [-0.39, 0.29) is 17.4 Å². The van der Waals surface area contributed by atoms with Gasteiger partial charge in [0, 0.05) is 31.4 Å².